The summed E-state index contributed by atoms with van der Waals surface area (Å²) >= 11 is 0. The smallest absolute Gasteiger partial charge is 0.235 e. The lowest BCUT2D eigenvalue weighted by molar-refractivity contribution is -0.118. The fraction of sp³-hybridized carbons (Fsp3) is 0.333. The second kappa shape index (κ2) is 10.6. The standard InChI is InChI=1S/C21H25N3O4S/c1-24(2)11-12-28-20-9-7-18(8-10-20)14-23-21(25)16-29(26,27)15-19-5-3-17(13-22)4-6-19/h3-10H,11-12,14-16H2,1-2H3,(H,23,25). The lowest BCUT2D eigenvalue weighted by atomic mass is 10.2. The molecule has 2 aromatic carbocycles. The molecule has 0 aromatic heterocycles. The predicted octanol–water partition coefficient (Wildman–Crippen LogP) is 1.73. The average Bonchev–Trinajstić information content (AvgIpc) is 2.67. The number of nitrogens with one attached hydrogen (secondary N) is 1. The molecule has 0 aliphatic rings. The van der Waals surface area contributed by atoms with Crippen LogP contribution in [0.1, 0.15) is 16.7 Å². The SMILES string of the molecule is CN(C)CCOc1ccc(CNC(=O)CS(=O)(=O)Cc2ccc(C#N)cc2)cc1. The number of sulfone groups is 1. The van der Waals surface area contributed by atoms with Gasteiger partial charge in [0.25, 0.3) is 0 Å². The zero-order valence-corrected chi connectivity index (χ0v) is 17.4. The minimum absolute atomic E-state index is 0.239. The maximum absolute atomic E-state index is 12.2. The quantitative estimate of drug-likeness (QED) is 0.634. The highest BCUT2D eigenvalue weighted by atomic mass is 32.2. The van der Waals surface area contributed by atoms with Gasteiger partial charge in [-0.15, -0.1) is 0 Å². The molecule has 0 saturated carbocycles. The van der Waals surface area contributed by atoms with Gasteiger partial charge in [0.2, 0.25) is 5.91 Å². The maximum Gasteiger partial charge on any atom is 0.235 e. The summed E-state index contributed by atoms with van der Waals surface area (Å²) in [5, 5.41) is 11.4. The van der Waals surface area contributed by atoms with Crippen molar-refractivity contribution in [3.05, 3.63) is 65.2 Å². The van der Waals surface area contributed by atoms with E-state index in [9.17, 15) is 13.2 Å². The Morgan fingerprint density at radius 3 is 2.28 bits per heavy atom. The summed E-state index contributed by atoms with van der Waals surface area (Å²) in [6.45, 7) is 1.64. The Hall–Kier alpha value is -2.89. The first-order valence-corrected chi connectivity index (χ1v) is 10.9. The maximum atomic E-state index is 12.2. The van der Waals surface area contributed by atoms with Gasteiger partial charge in [-0.25, -0.2) is 8.42 Å². The molecule has 0 atom stereocenters. The van der Waals surface area contributed by atoms with E-state index in [1.54, 1.807) is 24.3 Å². The molecule has 2 rings (SSSR count). The van der Waals surface area contributed by atoms with Crippen molar-refractivity contribution in [3.63, 3.8) is 0 Å². The molecule has 1 amide bonds. The summed E-state index contributed by atoms with van der Waals surface area (Å²) in [5.74, 6) is -0.638. The van der Waals surface area contributed by atoms with E-state index in [0.717, 1.165) is 17.9 Å². The Morgan fingerprint density at radius 1 is 1.07 bits per heavy atom. The first-order valence-electron chi connectivity index (χ1n) is 9.10. The van der Waals surface area contributed by atoms with Crippen LogP contribution < -0.4 is 10.1 Å². The number of benzene rings is 2. The first kappa shape index (κ1) is 22.4. The lowest BCUT2D eigenvalue weighted by Gasteiger charge is -2.11. The summed E-state index contributed by atoms with van der Waals surface area (Å²) in [6.07, 6.45) is 0. The third kappa shape index (κ3) is 8.34. The molecule has 8 heteroatoms. The van der Waals surface area contributed by atoms with Gasteiger partial charge in [0.1, 0.15) is 18.1 Å². The van der Waals surface area contributed by atoms with Crippen LogP contribution in [0.4, 0.5) is 0 Å². The van der Waals surface area contributed by atoms with E-state index < -0.39 is 21.5 Å². The number of rotatable bonds is 10. The molecule has 1 N–H and O–H groups in total. The summed E-state index contributed by atoms with van der Waals surface area (Å²) in [5.41, 5.74) is 1.85. The van der Waals surface area contributed by atoms with Gasteiger partial charge in [0.05, 0.1) is 17.4 Å². The average molecular weight is 416 g/mol. The Morgan fingerprint density at radius 2 is 1.69 bits per heavy atom. The molecule has 0 aliphatic heterocycles. The van der Waals surface area contributed by atoms with Crippen molar-refractivity contribution in [2.24, 2.45) is 0 Å². The molecule has 7 nitrogen and oxygen atoms in total. The van der Waals surface area contributed by atoms with Crippen LogP contribution in [0, 0.1) is 11.3 Å². The van der Waals surface area contributed by atoms with Crippen molar-refractivity contribution >= 4 is 15.7 Å². The normalized spacial score (nSPS) is 11.1. The number of ether oxygens (including phenoxy) is 1. The van der Waals surface area contributed by atoms with Crippen LogP contribution >= 0.6 is 0 Å². The second-order valence-corrected chi connectivity index (χ2v) is 8.98. The minimum atomic E-state index is -3.60. The first-order chi connectivity index (χ1) is 13.8. The van der Waals surface area contributed by atoms with Gasteiger partial charge in [0, 0.05) is 13.1 Å². The van der Waals surface area contributed by atoms with Crippen LogP contribution in [0.2, 0.25) is 0 Å². The second-order valence-electron chi connectivity index (χ2n) is 6.91. The van der Waals surface area contributed by atoms with Crippen LogP contribution in [-0.4, -0.2) is 52.2 Å². The van der Waals surface area contributed by atoms with Crippen LogP contribution in [-0.2, 0) is 26.9 Å². The van der Waals surface area contributed by atoms with Gasteiger partial charge in [-0.2, -0.15) is 5.26 Å². The Balaban J connectivity index is 1.80. The van der Waals surface area contributed by atoms with Gasteiger partial charge in [-0.3, -0.25) is 4.79 Å². The third-order valence-corrected chi connectivity index (χ3v) is 5.52. The van der Waals surface area contributed by atoms with Gasteiger partial charge in [-0.1, -0.05) is 24.3 Å². The molecule has 0 fully saturated rings. The van der Waals surface area contributed by atoms with E-state index in [4.69, 9.17) is 10.00 Å². The van der Waals surface area contributed by atoms with E-state index in [-0.39, 0.29) is 12.3 Å². The highest BCUT2D eigenvalue weighted by Crippen LogP contribution is 2.12. The molecule has 0 radical (unpaired) electrons. The topological polar surface area (TPSA) is 99.5 Å². The van der Waals surface area contributed by atoms with Crippen molar-refractivity contribution < 1.29 is 17.9 Å². The Bertz CT molecular complexity index is 947. The van der Waals surface area contributed by atoms with Crippen molar-refractivity contribution in [1.82, 2.24) is 10.2 Å². The number of nitriles is 1. The number of hydrogen-bond acceptors (Lipinski definition) is 6. The Kier molecular flexibility index (Phi) is 8.19. The number of carbonyl (C=O) groups is 1. The Labute approximate surface area is 171 Å². The molecule has 0 aliphatic carbocycles. The number of carbonyl (C=O) groups excluding carboxylic acids is 1. The molecular formula is C21H25N3O4S. The fourth-order valence-corrected chi connectivity index (χ4v) is 3.79. The summed E-state index contributed by atoms with van der Waals surface area (Å²) in [6, 6.07) is 15.5. The van der Waals surface area contributed by atoms with Crippen LogP contribution in [0.15, 0.2) is 48.5 Å². The highest BCUT2D eigenvalue weighted by molar-refractivity contribution is 7.91. The van der Waals surface area contributed by atoms with E-state index in [1.807, 2.05) is 49.3 Å². The largest absolute Gasteiger partial charge is 0.492 e. The minimum Gasteiger partial charge on any atom is -0.492 e. The molecule has 0 unspecified atom stereocenters. The molecule has 0 saturated heterocycles. The molecule has 2 aromatic rings. The van der Waals surface area contributed by atoms with Crippen molar-refractivity contribution in [1.29, 1.82) is 5.26 Å². The van der Waals surface area contributed by atoms with E-state index in [2.05, 4.69) is 5.32 Å². The van der Waals surface area contributed by atoms with Gasteiger partial charge >= 0.3 is 0 Å². The van der Waals surface area contributed by atoms with E-state index in [1.165, 1.54) is 0 Å². The number of likely N-dealkylation sites (N-methyl/N-ethyl adjacent to an activating group) is 1. The number of nitrogens with zero attached hydrogens (tertiary/aromatic N) is 2. The van der Waals surface area contributed by atoms with Crippen molar-refractivity contribution in [2.45, 2.75) is 12.3 Å². The summed E-state index contributed by atoms with van der Waals surface area (Å²) < 4.78 is 30.1. The fourth-order valence-electron chi connectivity index (χ4n) is 2.48. The lowest BCUT2D eigenvalue weighted by Crippen LogP contribution is -2.30. The van der Waals surface area contributed by atoms with E-state index >= 15 is 0 Å². The number of hydrogen-bond donors (Lipinski definition) is 1. The molecule has 0 heterocycles. The van der Waals surface area contributed by atoms with Crippen LogP contribution in [0.5, 0.6) is 5.75 Å². The van der Waals surface area contributed by atoms with Gasteiger partial charge in [-0.05, 0) is 49.5 Å². The number of amides is 1. The van der Waals surface area contributed by atoms with Gasteiger partial charge < -0.3 is 15.0 Å². The van der Waals surface area contributed by atoms with Crippen molar-refractivity contribution in [2.75, 3.05) is 33.0 Å². The van der Waals surface area contributed by atoms with Gasteiger partial charge in [0.15, 0.2) is 9.84 Å². The zero-order chi connectivity index (χ0) is 21.3. The third-order valence-electron chi connectivity index (χ3n) is 4.04. The molecule has 29 heavy (non-hydrogen) atoms. The zero-order valence-electron chi connectivity index (χ0n) is 16.6. The van der Waals surface area contributed by atoms with Crippen molar-refractivity contribution in [3.8, 4) is 11.8 Å². The molecule has 0 spiro atoms. The van der Waals surface area contributed by atoms with E-state index in [0.29, 0.717) is 17.7 Å². The highest BCUT2D eigenvalue weighted by Gasteiger charge is 2.17. The molecule has 0 bridgehead atoms. The van der Waals surface area contributed by atoms with Crippen LogP contribution in [0.3, 0.4) is 0 Å². The van der Waals surface area contributed by atoms with Crippen LogP contribution in [0.25, 0.3) is 0 Å². The predicted molar refractivity (Wildman–Crippen MR) is 111 cm³/mol. The summed E-state index contributed by atoms with van der Waals surface area (Å²) in [4.78, 5) is 14.1. The molecule has 154 valence electrons. The monoisotopic (exact) mass is 415 g/mol. The summed E-state index contributed by atoms with van der Waals surface area (Å²) in [7, 11) is 0.343. The molecular weight excluding hydrogens is 390 g/mol.